The maximum Gasteiger partial charge on any atom is 0.416 e. The second kappa shape index (κ2) is 9.68. The molecule has 2 heterocycles. The lowest BCUT2D eigenvalue weighted by Gasteiger charge is -2.28. The van der Waals surface area contributed by atoms with E-state index in [0.29, 0.717) is 5.56 Å². The minimum absolute atomic E-state index is 0.0125. The second-order valence-electron chi connectivity index (χ2n) is 8.16. The van der Waals surface area contributed by atoms with Crippen LogP contribution in [0.15, 0.2) is 76.4 Å². The molecule has 4 aromatic rings. The Kier molecular flexibility index (Phi) is 6.65. The lowest BCUT2D eigenvalue weighted by atomic mass is 9.79. The number of alkyl halides is 3. The molecule has 2 aromatic carbocycles. The molecule has 0 aliphatic heterocycles. The Morgan fingerprint density at radius 2 is 1.78 bits per heavy atom. The lowest BCUT2D eigenvalue weighted by Crippen LogP contribution is -2.30. The maximum absolute atomic E-state index is 14.0. The third-order valence-electron chi connectivity index (χ3n) is 5.87. The normalized spacial score (nSPS) is 13.2. The van der Waals surface area contributed by atoms with Gasteiger partial charge >= 0.3 is 6.18 Å². The number of carbonyl (C=O) groups is 1. The van der Waals surface area contributed by atoms with E-state index in [-0.39, 0.29) is 17.1 Å². The van der Waals surface area contributed by atoms with E-state index in [1.807, 2.05) is 0 Å². The molecule has 2 aromatic heterocycles. The first kappa shape index (κ1) is 24.7. The zero-order chi connectivity index (χ0) is 26.0. The van der Waals surface area contributed by atoms with Gasteiger partial charge < -0.3 is 14.9 Å². The molecule has 2 unspecified atom stereocenters. The largest absolute Gasteiger partial charge is 0.501 e. The molecule has 0 fully saturated rings. The Balaban J connectivity index is 1.88. The van der Waals surface area contributed by atoms with Gasteiger partial charge in [-0.3, -0.25) is 14.2 Å². The summed E-state index contributed by atoms with van der Waals surface area (Å²) in [5.74, 6) is -3.50. The summed E-state index contributed by atoms with van der Waals surface area (Å²) in [4.78, 5) is 29.8. The van der Waals surface area contributed by atoms with Gasteiger partial charge in [0.25, 0.3) is 11.5 Å². The molecule has 0 bridgehead atoms. The van der Waals surface area contributed by atoms with Gasteiger partial charge in [0, 0.05) is 18.9 Å². The van der Waals surface area contributed by atoms with Crippen molar-refractivity contribution in [3.63, 3.8) is 0 Å². The van der Waals surface area contributed by atoms with Gasteiger partial charge in [-0.15, -0.1) is 0 Å². The summed E-state index contributed by atoms with van der Waals surface area (Å²) in [6.07, 6.45) is -2.28. The molecule has 4 rings (SSSR count). The number of halogens is 3. The summed E-state index contributed by atoms with van der Waals surface area (Å²) in [5, 5.41) is 16.2. The summed E-state index contributed by atoms with van der Waals surface area (Å²) in [7, 11) is 1.33. The standard InChI is InChI=1S/C25H21F3N4O4/c1-14(19(15-8-4-3-5-9-15)17-10-6-7-11-18(17)25(26,27)28)22-31-20(21(33)24(35)32(22)2)23(34)30-16-12-29-36-13-16/h3-14,19,33H,1-2H3,(H,30,34). The molecule has 0 aliphatic rings. The van der Waals surface area contributed by atoms with Crippen molar-refractivity contribution < 1.29 is 27.6 Å². The molecule has 0 spiro atoms. The number of amides is 1. The monoisotopic (exact) mass is 498 g/mol. The van der Waals surface area contributed by atoms with E-state index in [1.165, 1.54) is 31.4 Å². The van der Waals surface area contributed by atoms with Gasteiger partial charge in [-0.1, -0.05) is 60.6 Å². The van der Waals surface area contributed by atoms with Crippen LogP contribution in [0.5, 0.6) is 5.75 Å². The number of carbonyl (C=O) groups excluding carboxylic acids is 1. The number of nitrogens with one attached hydrogen (secondary N) is 1. The third kappa shape index (κ3) is 4.72. The first-order valence-corrected chi connectivity index (χ1v) is 10.8. The second-order valence-corrected chi connectivity index (χ2v) is 8.16. The molecule has 36 heavy (non-hydrogen) atoms. The van der Waals surface area contributed by atoms with Crippen LogP contribution in [0, 0.1) is 0 Å². The third-order valence-corrected chi connectivity index (χ3v) is 5.87. The summed E-state index contributed by atoms with van der Waals surface area (Å²) < 4.78 is 47.6. The van der Waals surface area contributed by atoms with Crippen LogP contribution in [0.1, 0.15) is 51.8 Å². The van der Waals surface area contributed by atoms with Crippen LogP contribution in [0.2, 0.25) is 0 Å². The predicted molar refractivity (Wildman–Crippen MR) is 124 cm³/mol. The molecule has 11 heteroatoms. The fourth-order valence-electron chi connectivity index (χ4n) is 4.20. The highest BCUT2D eigenvalue weighted by Crippen LogP contribution is 2.43. The van der Waals surface area contributed by atoms with Crippen LogP contribution in [-0.2, 0) is 13.2 Å². The number of aromatic nitrogens is 3. The smallest absolute Gasteiger partial charge is 0.416 e. The highest BCUT2D eigenvalue weighted by atomic mass is 19.4. The van der Waals surface area contributed by atoms with E-state index in [0.717, 1.165) is 16.9 Å². The van der Waals surface area contributed by atoms with Gasteiger partial charge in [0.15, 0.2) is 5.69 Å². The SMILES string of the molecule is CC(c1nc(C(=O)Nc2cnoc2)c(O)c(=O)n1C)C(c1ccccc1)c1ccccc1C(F)(F)F. The summed E-state index contributed by atoms with van der Waals surface area (Å²) in [6, 6.07) is 13.7. The number of hydrogen-bond acceptors (Lipinski definition) is 6. The van der Waals surface area contributed by atoms with Crippen LogP contribution < -0.4 is 10.9 Å². The average Bonchev–Trinajstić information content (AvgIpc) is 3.36. The Morgan fingerprint density at radius 1 is 1.11 bits per heavy atom. The molecule has 2 atom stereocenters. The number of aromatic hydroxyl groups is 1. The molecule has 1 amide bonds. The fourth-order valence-corrected chi connectivity index (χ4v) is 4.20. The Morgan fingerprint density at radius 3 is 2.42 bits per heavy atom. The van der Waals surface area contributed by atoms with Crippen molar-refractivity contribution in [2.24, 2.45) is 7.05 Å². The molecule has 186 valence electrons. The van der Waals surface area contributed by atoms with Gasteiger partial charge in [-0.25, -0.2) is 4.98 Å². The first-order chi connectivity index (χ1) is 17.1. The van der Waals surface area contributed by atoms with E-state index >= 15 is 0 Å². The Bertz CT molecular complexity index is 1430. The fraction of sp³-hybridized carbons (Fsp3) is 0.200. The van der Waals surface area contributed by atoms with Crippen molar-refractivity contribution in [2.45, 2.75) is 24.9 Å². The number of benzene rings is 2. The number of nitrogens with zero attached hydrogens (tertiary/aromatic N) is 3. The highest BCUT2D eigenvalue weighted by Gasteiger charge is 2.38. The molecule has 2 N–H and O–H groups in total. The van der Waals surface area contributed by atoms with E-state index in [1.54, 1.807) is 37.3 Å². The van der Waals surface area contributed by atoms with Crippen LogP contribution in [0.3, 0.4) is 0 Å². The van der Waals surface area contributed by atoms with E-state index in [2.05, 4.69) is 20.0 Å². The number of rotatable bonds is 6. The van der Waals surface area contributed by atoms with Gasteiger partial charge in [-0.2, -0.15) is 13.2 Å². The van der Waals surface area contributed by atoms with Crippen LogP contribution >= 0.6 is 0 Å². The maximum atomic E-state index is 14.0. The van der Waals surface area contributed by atoms with Crippen molar-refractivity contribution in [3.05, 3.63) is 106 Å². The van der Waals surface area contributed by atoms with E-state index in [9.17, 15) is 27.9 Å². The van der Waals surface area contributed by atoms with Crippen LogP contribution in [0.25, 0.3) is 0 Å². The van der Waals surface area contributed by atoms with Gasteiger partial charge in [0.2, 0.25) is 5.75 Å². The quantitative estimate of drug-likeness (QED) is 0.400. The van der Waals surface area contributed by atoms with Crippen molar-refractivity contribution in [1.29, 1.82) is 0 Å². The first-order valence-electron chi connectivity index (χ1n) is 10.8. The van der Waals surface area contributed by atoms with Gasteiger partial charge in [0.05, 0.1) is 11.8 Å². The molecule has 0 radical (unpaired) electrons. The van der Waals surface area contributed by atoms with Gasteiger partial charge in [0.1, 0.15) is 17.8 Å². The lowest BCUT2D eigenvalue weighted by molar-refractivity contribution is -0.138. The Hall–Kier alpha value is -4.41. The zero-order valence-corrected chi connectivity index (χ0v) is 19.2. The van der Waals surface area contributed by atoms with Crippen molar-refractivity contribution in [3.8, 4) is 5.75 Å². The molecular formula is C25H21F3N4O4. The number of hydrogen-bond donors (Lipinski definition) is 2. The molecule has 0 saturated carbocycles. The molecule has 8 nitrogen and oxygen atoms in total. The topological polar surface area (TPSA) is 110 Å². The predicted octanol–water partition coefficient (Wildman–Crippen LogP) is 4.68. The minimum atomic E-state index is -4.62. The van der Waals surface area contributed by atoms with Crippen molar-refractivity contribution in [2.75, 3.05) is 5.32 Å². The Labute approximate surface area is 203 Å². The van der Waals surface area contributed by atoms with Gasteiger partial charge in [-0.05, 0) is 17.2 Å². The highest BCUT2D eigenvalue weighted by molar-refractivity contribution is 6.04. The van der Waals surface area contributed by atoms with Crippen LogP contribution in [0.4, 0.5) is 18.9 Å². The summed E-state index contributed by atoms with van der Waals surface area (Å²) in [6.45, 7) is 1.62. The minimum Gasteiger partial charge on any atom is -0.501 e. The van der Waals surface area contributed by atoms with E-state index in [4.69, 9.17) is 0 Å². The molecule has 0 aliphatic carbocycles. The van der Waals surface area contributed by atoms with Crippen molar-refractivity contribution >= 4 is 11.6 Å². The molecule has 0 saturated heterocycles. The summed E-state index contributed by atoms with van der Waals surface area (Å²) in [5.41, 5.74) is -1.60. The molecular weight excluding hydrogens is 477 g/mol. The van der Waals surface area contributed by atoms with E-state index < -0.39 is 46.5 Å². The summed E-state index contributed by atoms with van der Waals surface area (Å²) >= 11 is 0. The van der Waals surface area contributed by atoms with Crippen molar-refractivity contribution in [1.82, 2.24) is 14.7 Å². The average molecular weight is 498 g/mol. The van der Waals surface area contributed by atoms with Crippen LogP contribution in [-0.4, -0.2) is 25.7 Å². The number of anilines is 1. The zero-order valence-electron chi connectivity index (χ0n) is 19.2.